The molecular formula is C31H31N5O2S2. The minimum atomic E-state index is -0.310. The molecule has 40 heavy (non-hydrogen) atoms. The number of carbonyl (C=O) groups excluding carboxylic acids is 2. The number of carbonyl (C=O) groups is 2. The van der Waals surface area contributed by atoms with E-state index in [1.807, 2.05) is 6.07 Å². The molecule has 0 spiro atoms. The Morgan fingerprint density at radius 1 is 1.00 bits per heavy atom. The van der Waals surface area contributed by atoms with E-state index in [1.165, 1.54) is 38.2 Å². The number of benzene rings is 2. The van der Waals surface area contributed by atoms with Crippen molar-refractivity contribution in [3.63, 3.8) is 0 Å². The summed E-state index contributed by atoms with van der Waals surface area (Å²) in [6, 6.07) is 19.1. The molecule has 2 saturated heterocycles. The van der Waals surface area contributed by atoms with E-state index in [2.05, 4.69) is 68.6 Å². The van der Waals surface area contributed by atoms with Crippen molar-refractivity contribution in [2.45, 2.75) is 56.1 Å². The van der Waals surface area contributed by atoms with E-state index in [1.54, 1.807) is 17.7 Å². The summed E-state index contributed by atoms with van der Waals surface area (Å²) in [5.41, 5.74) is 6.08. The molecular weight excluding hydrogens is 539 g/mol. The number of likely N-dealkylation sites (tertiary alicyclic amines) is 1. The van der Waals surface area contributed by atoms with Crippen LogP contribution in [0.1, 0.15) is 59.4 Å². The third kappa shape index (κ3) is 4.85. The van der Waals surface area contributed by atoms with Gasteiger partial charge in [-0.05, 0) is 60.7 Å². The van der Waals surface area contributed by atoms with Crippen molar-refractivity contribution >= 4 is 46.0 Å². The summed E-state index contributed by atoms with van der Waals surface area (Å²) in [5, 5.41) is 3.54. The summed E-state index contributed by atoms with van der Waals surface area (Å²) >= 11 is 6.64. The molecule has 2 aromatic carbocycles. The summed E-state index contributed by atoms with van der Waals surface area (Å²) in [6.07, 6.45) is 4.81. The second-order valence-corrected chi connectivity index (χ2v) is 12.6. The Bertz CT molecular complexity index is 1580. The number of thiol groups is 1. The third-order valence-corrected chi connectivity index (χ3v) is 10.2. The number of nitrogens with zero attached hydrogens (tertiary/aromatic N) is 4. The van der Waals surface area contributed by atoms with Crippen LogP contribution in [0.5, 0.6) is 0 Å². The Morgan fingerprint density at radius 3 is 2.62 bits per heavy atom. The minimum absolute atomic E-state index is 0.142. The van der Waals surface area contributed by atoms with Gasteiger partial charge in [-0.2, -0.15) is 12.6 Å². The lowest BCUT2D eigenvalue weighted by Gasteiger charge is -2.32. The quantitative estimate of drug-likeness (QED) is 0.251. The fourth-order valence-electron chi connectivity index (χ4n) is 6.43. The SMILES string of the molecule is O=C1CCC(N2Cc3ccc(CN4CCC(c5ncnc6sc(-c7ccccc7)cc56)CC4)cc3C2S)C(=O)N1. The Kier molecular flexibility index (Phi) is 6.91. The maximum absolute atomic E-state index is 12.5. The van der Waals surface area contributed by atoms with Crippen LogP contribution in [0, 0.1) is 0 Å². The fourth-order valence-corrected chi connectivity index (χ4v) is 7.93. The van der Waals surface area contributed by atoms with Crippen LogP contribution in [0.4, 0.5) is 0 Å². The van der Waals surface area contributed by atoms with Crippen molar-refractivity contribution in [1.29, 1.82) is 0 Å². The van der Waals surface area contributed by atoms with Crippen molar-refractivity contribution in [2.24, 2.45) is 0 Å². The molecule has 2 fully saturated rings. The number of nitrogens with one attached hydrogen (secondary N) is 1. The third-order valence-electron chi connectivity index (χ3n) is 8.56. The first-order chi connectivity index (χ1) is 19.5. The molecule has 0 aliphatic carbocycles. The fraction of sp³-hybridized carbons (Fsp3) is 0.355. The molecule has 7 nitrogen and oxygen atoms in total. The van der Waals surface area contributed by atoms with Crippen LogP contribution in [-0.2, 0) is 22.7 Å². The Labute approximate surface area is 243 Å². The van der Waals surface area contributed by atoms with Gasteiger partial charge >= 0.3 is 0 Å². The monoisotopic (exact) mass is 569 g/mol. The number of piperidine rings is 2. The summed E-state index contributed by atoms with van der Waals surface area (Å²) < 4.78 is 0. The van der Waals surface area contributed by atoms with E-state index in [-0.39, 0.29) is 23.2 Å². The number of hydrogen-bond donors (Lipinski definition) is 2. The van der Waals surface area contributed by atoms with Gasteiger partial charge in [0.15, 0.2) is 0 Å². The second-order valence-electron chi connectivity index (χ2n) is 11.1. The van der Waals surface area contributed by atoms with Crippen LogP contribution in [0.2, 0.25) is 0 Å². The van der Waals surface area contributed by atoms with Crippen LogP contribution < -0.4 is 5.32 Å². The summed E-state index contributed by atoms with van der Waals surface area (Å²) in [5.74, 6) is 0.0471. The van der Waals surface area contributed by atoms with Gasteiger partial charge in [0.25, 0.3) is 0 Å². The number of fused-ring (bicyclic) bond motifs is 2. The van der Waals surface area contributed by atoms with Crippen molar-refractivity contribution in [1.82, 2.24) is 25.1 Å². The van der Waals surface area contributed by atoms with Gasteiger partial charge in [0.2, 0.25) is 11.8 Å². The number of thiophene rings is 1. The number of hydrogen-bond acceptors (Lipinski definition) is 8. The zero-order valence-corrected chi connectivity index (χ0v) is 23.8. The highest BCUT2D eigenvalue weighted by Crippen LogP contribution is 2.41. The van der Waals surface area contributed by atoms with Gasteiger partial charge in [0.05, 0.1) is 17.1 Å². The zero-order chi connectivity index (χ0) is 27.2. The van der Waals surface area contributed by atoms with Gasteiger partial charge in [-0.1, -0.05) is 48.5 Å². The van der Waals surface area contributed by atoms with E-state index in [0.29, 0.717) is 25.3 Å². The number of rotatable bonds is 5. The second kappa shape index (κ2) is 10.7. The van der Waals surface area contributed by atoms with Gasteiger partial charge in [-0.3, -0.25) is 24.7 Å². The van der Waals surface area contributed by atoms with Crippen LogP contribution in [0.15, 0.2) is 60.9 Å². The first-order valence-electron chi connectivity index (χ1n) is 13.9. The molecule has 9 heteroatoms. The lowest BCUT2D eigenvalue weighted by atomic mass is 9.91. The van der Waals surface area contributed by atoms with Gasteiger partial charge in [-0.25, -0.2) is 9.97 Å². The van der Waals surface area contributed by atoms with Crippen molar-refractivity contribution < 1.29 is 9.59 Å². The van der Waals surface area contributed by atoms with Gasteiger partial charge in [-0.15, -0.1) is 11.3 Å². The van der Waals surface area contributed by atoms with Crippen LogP contribution in [0.25, 0.3) is 20.7 Å². The molecule has 4 aromatic rings. The molecule has 0 saturated carbocycles. The van der Waals surface area contributed by atoms with E-state index in [0.717, 1.165) is 37.3 Å². The maximum Gasteiger partial charge on any atom is 0.243 e. The molecule has 7 rings (SSSR count). The van der Waals surface area contributed by atoms with Gasteiger partial charge in [0.1, 0.15) is 11.2 Å². The molecule has 0 bridgehead atoms. The summed E-state index contributed by atoms with van der Waals surface area (Å²) in [4.78, 5) is 40.4. The highest BCUT2D eigenvalue weighted by atomic mass is 32.1. The van der Waals surface area contributed by atoms with Crippen LogP contribution in [-0.4, -0.2) is 50.7 Å². The van der Waals surface area contributed by atoms with E-state index in [4.69, 9.17) is 17.6 Å². The molecule has 3 aliphatic rings. The van der Waals surface area contributed by atoms with E-state index < -0.39 is 0 Å². The summed E-state index contributed by atoms with van der Waals surface area (Å²) in [7, 11) is 0. The normalized spacial score (nSPS) is 22.5. The smallest absolute Gasteiger partial charge is 0.243 e. The largest absolute Gasteiger partial charge is 0.299 e. The molecule has 1 N–H and O–H groups in total. The topological polar surface area (TPSA) is 78.4 Å². The Morgan fingerprint density at radius 2 is 1.82 bits per heavy atom. The predicted molar refractivity (Wildman–Crippen MR) is 160 cm³/mol. The lowest BCUT2D eigenvalue weighted by Crippen LogP contribution is -2.51. The number of aromatic nitrogens is 2. The number of imide groups is 1. The molecule has 0 radical (unpaired) electrons. The molecule has 2 atom stereocenters. The Balaban J connectivity index is 1.01. The average molecular weight is 570 g/mol. The maximum atomic E-state index is 12.5. The van der Waals surface area contributed by atoms with Crippen LogP contribution >= 0.6 is 24.0 Å². The predicted octanol–water partition coefficient (Wildman–Crippen LogP) is 5.29. The van der Waals surface area contributed by atoms with E-state index >= 15 is 0 Å². The lowest BCUT2D eigenvalue weighted by molar-refractivity contribution is -0.137. The zero-order valence-electron chi connectivity index (χ0n) is 22.1. The van der Waals surface area contributed by atoms with E-state index in [9.17, 15) is 9.59 Å². The molecule has 2 unspecified atom stereocenters. The average Bonchev–Trinajstić information content (AvgIpc) is 3.55. The first kappa shape index (κ1) is 25.8. The first-order valence-corrected chi connectivity index (χ1v) is 15.3. The van der Waals surface area contributed by atoms with Crippen molar-refractivity contribution in [3.8, 4) is 10.4 Å². The van der Waals surface area contributed by atoms with Crippen molar-refractivity contribution in [2.75, 3.05) is 13.1 Å². The molecule has 2 amide bonds. The molecule has 2 aromatic heterocycles. The summed E-state index contributed by atoms with van der Waals surface area (Å²) in [6.45, 7) is 3.63. The van der Waals surface area contributed by atoms with Gasteiger partial charge < -0.3 is 0 Å². The minimum Gasteiger partial charge on any atom is -0.299 e. The highest BCUT2D eigenvalue weighted by molar-refractivity contribution is 7.80. The molecule has 3 aliphatic heterocycles. The van der Waals surface area contributed by atoms with Crippen molar-refractivity contribution in [3.05, 3.63) is 83.3 Å². The Hall–Kier alpha value is -3.11. The van der Waals surface area contributed by atoms with Gasteiger partial charge in [0, 0.05) is 35.7 Å². The number of amides is 2. The molecule has 204 valence electrons. The highest BCUT2D eigenvalue weighted by Gasteiger charge is 2.39. The molecule has 5 heterocycles. The van der Waals surface area contributed by atoms with Crippen LogP contribution in [0.3, 0.4) is 0 Å². The standard InChI is InChI=1S/C31H31N5O2S2/c37-27-9-8-25(29(38)34-27)36-17-22-7-6-19(14-23(22)31(36)39)16-35-12-10-21(11-13-35)28-24-15-26(20-4-2-1-3-5-20)40-30(24)33-18-32-28/h1-7,14-15,18,21,25,31,39H,8-13,16-17H2,(H,34,37,38).